The predicted octanol–water partition coefficient (Wildman–Crippen LogP) is 2.61. The minimum Gasteiger partial charge on any atom is -0.506 e. The molecule has 0 aromatic carbocycles. The van der Waals surface area contributed by atoms with E-state index in [0.29, 0.717) is 6.04 Å². The third kappa shape index (κ3) is 3.67. The summed E-state index contributed by atoms with van der Waals surface area (Å²) in [6.45, 7) is 5.98. The zero-order valence-corrected chi connectivity index (χ0v) is 11.9. The zero-order valence-electron chi connectivity index (χ0n) is 11.9. The van der Waals surface area contributed by atoms with Gasteiger partial charge in [0, 0.05) is 19.2 Å². The average Bonchev–Trinajstić information content (AvgIpc) is 2.47. The molecule has 0 saturated carbocycles. The van der Waals surface area contributed by atoms with Crippen LogP contribution in [0.1, 0.15) is 45.2 Å². The van der Waals surface area contributed by atoms with E-state index < -0.39 is 0 Å². The molecule has 2 rings (SSSR count). The number of hydrogen-bond acceptors (Lipinski definition) is 4. The molecule has 0 spiro atoms. The van der Waals surface area contributed by atoms with Crippen LogP contribution in [0.2, 0.25) is 0 Å². The highest BCUT2D eigenvalue weighted by Crippen LogP contribution is 2.31. The van der Waals surface area contributed by atoms with Gasteiger partial charge in [-0.3, -0.25) is 4.98 Å². The molecule has 1 aliphatic heterocycles. The molecule has 2 heterocycles. The number of nitrogens with one attached hydrogen (secondary N) is 1. The standard InChI is InChI=1S/C15H24N2O2/c1-3-15(4-2)9-12(7-8-19-15)16-10-13-5-6-14(18)11-17-13/h5-6,11-12,16,18H,3-4,7-10H2,1-2H3. The summed E-state index contributed by atoms with van der Waals surface area (Å²) in [5, 5.41) is 12.8. The van der Waals surface area contributed by atoms with E-state index in [2.05, 4.69) is 24.1 Å². The number of ether oxygens (including phenoxy) is 1. The van der Waals surface area contributed by atoms with Crippen molar-refractivity contribution in [2.24, 2.45) is 0 Å². The van der Waals surface area contributed by atoms with Gasteiger partial charge in [0.05, 0.1) is 17.5 Å². The molecule has 1 aromatic rings. The third-order valence-electron chi connectivity index (χ3n) is 4.16. The van der Waals surface area contributed by atoms with Crippen molar-refractivity contribution in [3.05, 3.63) is 24.0 Å². The summed E-state index contributed by atoms with van der Waals surface area (Å²) in [4.78, 5) is 4.20. The molecule has 0 bridgehead atoms. The van der Waals surface area contributed by atoms with Crippen LogP contribution in [0, 0.1) is 0 Å². The van der Waals surface area contributed by atoms with Gasteiger partial charge in [0.2, 0.25) is 0 Å². The third-order valence-corrected chi connectivity index (χ3v) is 4.16. The highest BCUT2D eigenvalue weighted by molar-refractivity contribution is 5.17. The molecule has 1 aromatic heterocycles. The molecule has 19 heavy (non-hydrogen) atoms. The van der Waals surface area contributed by atoms with Crippen LogP contribution in [0.4, 0.5) is 0 Å². The van der Waals surface area contributed by atoms with Crippen LogP contribution in [0.5, 0.6) is 5.75 Å². The summed E-state index contributed by atoms with van der Waals surface area (Å²) in [5.41, 5.74) is 1.01. The quantitative estimate of drug-likeness (QED) is 0.858. The first-order valence-corrected chi connectivity index (χ1v) is 7.18. The lowest BCUT2D eigenvalue weighted by Gasteiger charge is -2.40. The Balaban J connectivity index is 1.87. The van der Waals surface area contributed by atoms with E-state index in [4.69, 9.17) is 4.74 Å². The molecule has 0 amide bonds. The SMILES string of the molecule is CCC1(CC)CC(NCc2ccc(O)cn2)CCO1. The molecule has 1 fully saturated rings. The Morgan fingerprint density at radius 2 is 2.21 bits per heavy atom. The van der Waals surface area contributed by atoms with Gasteiger partial charge in [-0.15, -0.1) is 0 Å². The van der Waals surface area contributed by atoms with Crippen LogP contribution < -0.4 is 5.32 Å². The summed E-state index contributed by atoms with van der Waals surface area (Å²) in [6.07, 6.45) is 5.75. The summed E-state index contributed by atoms with van der Waals surface area (Å²) in [5.74, 6) is 0.214. The summed E-state index contributed by atoms with van der Waals surface area (Å²) in [6, 6.07) is 4.02. The Bertz CT molecular complexity index is 388. The van der Waals surface area contributed by atoms with Crippen molar-refractivity contribution in [3.63, 3.8) is 0 Å². The van der Waals surface area contributed by atoms with E-state index in [1.165, 1.54) is 6.20 Å². The number of aromatic nitrogens is 1. The van der Waals surface area contributed by atoms with E-state index >= 15 is 0 Å². The Labute approximate surface area is 115 Å². The second kappa shape index (κ2) is 6.35. The fourth-order valence-electron chi connectivity index (χ4n) is 2.71. The molecular weight excluding hydrogens is 240 g/mol. The lowest BCUT2D eigenvalue weighted by molar-refractivity contribution is -0.0932. The van der Waals surface area contributed by atoms with Crippen molar-refractivity contribution in [1.82, 2.24) is 10.3 Å². The van der Waals surface area contributed by atoms with Crippen molar-refractivity contribution in [2.75, 3.05) is 6.61 Å². The number of nitrogens with zero attached hydrogens (tertiary/aromatic N) is 1. The monoisotopic (exact) mass is 264 g/mol. The van der Waals surface area contributed by atoms with E-state index in [1.54, 1.807) is 6.07 Å². The van der Waals surface area contributed by atoms with Gasteiger partial charge in [-0.2, -0.15) is 0 Å². The van der Waals surface area contributed by atoms with Gasteiger partial charge in [0.15, 0.2) is 0 Å². The maximum absolute atomic E-state index is 9.21. The van der Waals surface area contributed by atoms with Crippen LogP contribution in [-0.4, -0.2) is 28.3 Å². The molecule has 0 aliphatic carbocycles. The maximum Gasteiger partial charge on any atom is 0.133 e. The average molecular weight is 264 g/mol. The van der Waals surface area contributed by atoms with Crippen LogP contribution in [-0.2, 0) is 11.3 Å². The second-order valence-electron chi connectivity index (χ2n) is 5.32. The fraction of sp³-hybridized carbons (Fsp3) is 0.667. The highest BCUT2D eigenvalue weighted by Gasteiger charge is 2.34. The van der Waals surface area contributed by atoms with Gasteiger partial charge >= 0.3 is 0 Å². The topological polar surface area (TPSA) is 54.4 Å². The fourth-order valence-corrected chi connectivity index (χ4v) is 2.71. The summed E-state index contributed by atoms with van der Waals surface area (Å²) < 4.78 is 5.97. The van der Waals surface area contributed by atoms with Crippen LogP contribution in [0.25, 0.3) is 0 Å². The Kier molecular flexibility index (Phi) is 4.77. The van der Waals surface area contributed by atoms with Crippen molar-refractivity contribution in [3.8, 4) is 5.75 Å². The smallest absolute Gasteiger partial charge is 0.133 e. The van der Waals surface area contributed by atoms with Crippen LogP contribution in [0.3, 0.4) is 0 Å². The van der Waals surface area contributed by atoms with Crippen molar-refractivity contribution in [1.29, 1.82) is 0 Å². The van der Waals surface area contributed by atoms with Crippen LogP contribution in [0.15, 0.2) is 18.3 Å². The molecular formula is C15H24N2O2. The largest absolute Gasteiger partial charge is 0.506 e. The van der Waals surface area contributed by atoms with Gasteiger partial charge in [-0.1, -0.05) is 13.8 Å². The molecule has 1 atom stereocenters. The first kappa shape index (κ1) is 14.3. The molecule has 106 valence electrons. The van der Waals surface area contributed by atoms with Crippen molar-refractivity contribution >= 4 is 0 Å². The lowest BCUT2D eigenvalue weighted by atomic mass is 9.86. The Morgan fingerprint density at radius 3 is 2.84 bits per heavy atom. The van der Waals surface area contributed by atoms with Gasteiger partial charge in [0.25, 0.3) is 0 Å². The van der Waals surface area contributed by atoms with Crippen molar-refractivity contribution < 1.29 is 9.84 Å². The lowest BCUT2D eigenvalue weighted by Crippen LogP contribution is -2.46. The van der Waals surface area contributed by atoms with Gasteiger partial charge in [-0.05, 0) is 37.8 Å². The first-order valence-electron chi connectivity index (χ1n) is 7.18. The summed E-state index contributed by atoms with van der Waals surface area (Å²) in [7, 11) is 0. The summed E-state index contributed by atoms with van der Waals surface area (Å²) >= 11 is 0. The first-order chi connectivity index (χ1) is 9.17. The molecule has 2 N–H and O–H groups in total. The molecule has 0 radical (unpaired) electrons. The van der Waals surface area contributed by atoms with E-state index in [0.717, 1.165) is 44.5 Å². The normalized spacial score (nSPS) is 22.3. The van der Waals surface area contributed by atoms with E-state index in [9.17, 15) is 5.11 Å². The minimum absolute atomic E-state index is 0.0539. The minimum atomic E-state index is 0.0539. The molecule has 1 unspecified atom stereocenters. The number of rotatable bonds is 5. The van der Waals surface area contributed by atoms with Gasteiger partial charge < -0.3 is 15.2 Å². The Morgan fingerprint density at radius 1 is 1.42 bits per heavy atom. The number of hydrogen-bond donors (Lipinski definition) is 2. The zero-order chi connectivity index (χ0) is 13.7. The molecule has 1 saturated heterocycles. The number of pyridine rings is 1. The van der Waals surface area contributed by atoms with Gasteiger partial charge in [-0.25, -0.2) is 0 Å². The highest BCUT2D eigenvalue weighted by atomic mass is 16.5. The van der Waals surface area contributed by atoms with Crippen molar-refractivity contribution in [2.45, 2.75) is 57.7 Å². The van der Waals surface area contributed by atoms with E-state index in [1.807, 2.05) is 6.07 Å². The number of aromatic hydroxyl groups is 1. The van der Waals surface area contributed by atoms with Gasteiger partial charge in [0.1, 0.15) is 5.75 Å². The Hall–Kier alpha value is -1.13. The molecule has 1 aliphatic rings. The predicted molar refractivity (Wildman–Crippen MR) is 75.0 cm³/mol. The maximum atomic E-state index is 9.21. The molecule has 4 nitrogen and oxygen atoms in total. The van der Waals surface area contributed by atoms with E-state index in [-0.39, 0.29) is 11.4 Å². The van der Waals surface area contributed by atoms with Crippen LogP contribution >= 0.6 is 0 Å². The molecule has 4 heteroatoms. The second-order valence-corrected chi connectivity index (χ2v) is 5.32.